The van der Waals surface area contributed by atoms with Crippen LogP contribution in [0.3, 0.4) is 0 Å². The number of rotatable bonds is 14. The van der Waals surface area contributed by atoms with E-state index in [4.69, 9.17) is 24.4 Å². The second-order valence-corrected chi connectivity index (χ2v) is 20.1. The molecule has 6 atom stereocenters. The Morgan fingerprint density at radius 3 is 1.42 bits per heavy atom. The van der Waals surface area contributed by atoms with E-state index < -0.39 is 24.3 Å². The molecule has 0 aliphatic carbocycles. The topological polar surface area (TPSA) is 194 Å². The van der Waals surface area contributed by atoms with Gasteiger partial charge in [-0.15, -0.1) is 0 Å². The first kappa shape index (κ1) is 49.1. The maximum Gasteiger partial charge on any atom is 0.407 e. The molecule has 4 fully saturated rings. The van der Waals surface area contributed by atoms with Crippen LogP contribution in [-0.2, 0) is 19.1 Å². The number of nitrogens with zero attached hydrogens (tertiary/aromatic N) is 7. The Morgan fingerprint density at radius 1 is 0.549 bits per heavy atom. The summed E-state index contributed by atoms with van der Waals surface area (Å²) in [5.41, 5.74) is 7.27. The molecule has 4 saturated heterocycles. The Morgan fingerprint density at radius 2 is 1.01 bits per heavy atom. The zero-order valence-electron chi connectivity index (χ0n) is 41.9. The van der Waals surface area contributed by atoms with Gasteiger partial charge in [-0.05, 0) is 104 Å². The molecule has 17 nitrogen and oxygen atoms in total. The fraction of sp³-hybridized carbons (Fsp3) is 0.500. The van der Waals surface area contributed by atoms with Gasteiger partial charge in [-0.25, -0.2) is 24.5 Å². The van der Waals surface area contributed by atoms with E-state index in [1.165, 1.54) is 44.6 Å². The van der Waals surface area contributed by atoms with Crippen LogP contribution in [0.25, 0.3) is 22.5 Å². The Bertz CT molecular complexity index is 2470. The number of aromatic amines is 2. The predicted octanol–water partition coefficient (Wildman–Crippen LogP) is 9.02. The highest BCUT2D eigenvalue weighted by Crippen LogP contribution is 2.48. The number of H-pyrrole nitrogens is 2. The van der Waals surface area contributed by atoms with Gasteiger partial charge in [0, 0.05) is 26.2 Å². The standard InChI is InChI=1S/C54H69N11O6/c1-33(2)47(60-53(68)70-5)51(66)63-28-10-12-44(63)49-56-31-40(58-49)35-14-18-37(19-15-35)42-23-24-43(65(42)39-22-25-46(55-30-39)62-26-8-7-9-27-62)38-20-16-36(17-21-38)41-32-57-50(59-41)45-13-11-29-64(45)52(67)48(34(3)4)61-54(69)71-6/h14-22,25,30-34,42-45,47-48H,7-13,23-24,26-29H2,1-6H3,(H,56,58)(H,57,59)(H,60,68)(H,61,69)/t42-,43-,44-,45-,47-,48-/m0/s1. The average Bonchev–Trinajstić information content (AvgIpc) is 4.27. The van der Waals surface area contributed by atoms with Crippen LogP contribution < -0.4 is 20.4 Å². The van der Waals surface area contributed by atoms with Gasteiger partial charge >= 0.3 is 12.2 Å². The number of ether oxygens (including phenoxy) is 2. The molecular weight excluding hydrogens is 899 g/mol. The highest BCUT2D eigenvalue weighted by Gasteiger charge is 2.40. The van der Waals surface area contributed by atoms with Gasteiger partial charge in [-0.2, -0.15) is 0 Å². The highest BCUT2D eigenvalue weighted by atomic mass is 16.5. The summed E-state index contributed by atoms with van der Waals surface area (Å²) >= 11 is 0. The second-order valence-electron chi connectivity index (χ2n) is 20.1. The number of imidazole rings is 2. The number of carbonyl (C=O) groups excluding carboxylic acids is 4. The number of nitrogens with one attached hydrogen (secondary N) is 4. The molecule has 0 bridgehead atoms. The average molecular weight is 968 g/mol. The summed E-state index contributed by atoms with van der Waals surface area (Å²) in [5.74, 6) is 2.00. The molecular formula is C54H69N11O6. The maximum absolute atomic E-state index is 13.8. The Balaban J connectivity index is 0.931. The number of alkyl carbamates (subject to hydrolysis) is 2. The van der Waals surface area contributed by atoms with E-state index in [0.29, 0.717) is 13.1 Å². The molecule has 5 aromatic rings. The van der Waals surface area contributed by atoms with E-state index in [2.05, 4.69) is 91.1 Å². The minimum absolute atomic E-state index is 0.101. The molecule has 4 aliphatic rings. The van der Waals surface area contributed by atoms with E-state index in [0.717, 1.165) is 97.3 Å². The van der Waals surface area contributed by atoms with E-state index in [-0.39, 0.29) is 47.8 Å². The molecule has 9 rings (SSSR count). The molecule has 0 unspecified atom stereocenters. The van der Waals surface area contributed by atoms with Gasteiger partial charge in [0.25, 0.3) is 0 Å². The molecule has 4 aliphatic heterocycles. The SMILES string of the molecule is COC(=O)N[C@H](C(=O)N1CCC[C@H]1c1ncc(-c2ccc([C@@H]3CC[C@@H](c4ccc(-c5cnc([C@@H]6CCCN6C(=O)[C@@H](NC(=O)OC)C(C)C)[nH]5)cc4)N3c3ccc(N4CCCCC4)nc3)cc2)[nH]1)C(C)C. The Hall–Kier alpha value is -6.91. The summed E-state index contributed by atoms with van der Waals surface area (Å²) in [4.78, 5) is 82.1. The summed E-state index contributed by atoms with van der Waals surface area (Å²) in [6.45, 7) is 10.9. The summed E-state index contributed by atoms with van der Waals surface area (Å²) < 4.78 is 9.63. The monoisotopic (exact) mass is 968 g/mol. The van der Waals surface area contributed by atoms with E-state index in [1.807, 2.05) is 56.1 Å². The third-order valence-electron chi connectivity index (χ3n) is 15.0. The number of piperidine rings is 1. The van der Waals surface area contributed by atoms with Crippen molar-refractivity contribution in [1.82, 2.24) is 45.4 Å². The van der Waals surface area contributed by atoms with Crippen LogP contribution in [0.1, 0.15) is 132 Å². The number of hydrogen-bond donors (Lipinski definition) is 4. The van der Waals surface area contributed by atoms with E-state index in [9.17, 15) is 19.2 Å². The van der Waals surface area contributed by atoms with Gasteiger partial charge < -0.3 is 49.7 Å². The lowest BCUT2D eigenvalue weighted by molar-refractivity contribution is -0.136. The zero-order valence-corrected chi connectivity index (χ0v) is 41.9. The molecule has 0 spiro atoms. The number of aromatic nitrogens is 5. The first-order chi connectivity index (χ1) is 34.4. The zero-order chi connectivity index (χ0) is 49.8. The van der Waals surface area contributed by atoms with Gasteiger partial charge in [0.2, 0.25) is 11.8 Å². The van der Waals surface area contributed by atoms with Crippen molar-refractivity contribution in [2.24, 2.45) is 11.8 Å². The lowest BCUT2D eigenvalue weighted by atomic mass is 10.0. The molecule has 4 amide bonds. The lowest BCUT2D eigenvalue weighted by Crippen LogP contribution is -2.51. The number of pyridine rings is 1. The third kappa shape index (κ3) is 10.5. The van der Waals surface area contributed by atoms with Crippen LogP contribution in [0.4, 0.5) is 21.1 Å². The number of anilines is 2. The first-order valence-electron chi connectivity index (χ1n) is 25.5. The smallest absolute Gasteiger partial charge is 0.407 e. The fourth-order valence-corrected chi connectivity index (χ4v) is 11.1. The van der Waals surface area contributed by atoms with Gasteiger partial charge in [-0.3, -0.25) is 9.59 Å². The van der Waals surface area contributed by atoms with Crippen molar-refractivity contribution in [3.63, 3.8) is 0 Å². The van der Waals surface area contributed by atoms with Crippen LogP contribution in [0.2, 0.25) is 0 Å². The normalized spacial score (nSPS) is 21.2. The molecule has 2 aromatic carbocycles. The van der Waals surface area contributed by atoms with Gasteiger partial charge in [0.05, 0.1) is 74.1 Å². The minimum atomic E-state index is -0.698. The molecule has 7 heterocycles. The van der Waals surface area contributed by atoms with Crippen LogP contribution >= 0.6 is 0 Å². The third-order valence-corrected chi connectivity index (χ3v) is 15.0. The lowest BCUT2D eigenvalue weighted by Gasteiger charge is -2.34. The summed E-state index contributed by atoms with van der Waals surface area (Å²) in [6, 6.07) is 20.3. The molecule has 376 valence electrons. The predicted molar refractivity (Wildman–Crippen MR) is 271 cm³/mol. The largest absolute Gasteiger partial charge is 0.453 e. The van der Waals surface area contributed by atoms with Gasteiger partial charge in [-0.1, -0.05) is 76.2 Å². The van der Waals surface area contributed by atoms with Crippen molar-refractivity contribution in [3.8, 4) is 22.5 Å². The first-order valence-corrected chi connectivity index (χ1v) is 25.5. The second kappa shape index (κ2) is 21.6. The van der Waals surface area contributed by atoms with Crippen LogP contribution in [0.5, 0.6) is 0 Å². The van der Waals surface area contributed by atoms with E-state index in [1.54, 1.807) is 0 Å². The molecule has 0 saturated carbocycles. The molecule has 0 radical (unpaired) electrons. The van der Waals surface area contributed by atoms with Crippen molar-refractivity contribution in [2.75, 3.05) is 50.2 Å². The van der Waals surface area contributed by atoms with E-state index >= 15 is 0 Å². The minimum Gasteiger partial charge on any atom is -0.453 e. The Kier molecular flexibility index (Phi) is 14.9. The van der Waals surface area contributed by atoms with Crippen LogP contribution in [-0.4, -0.2) is 111 Å². The summed E-state index contributed by atoms with van der Waals surface area (Å²) in [7, 11) is 2.60. The van der Waals surface area contributed by atoms with Crippen molar-refractivity contribution < 1.29 is 28.7 Å². The quantitative estimate of drug-likeness (QED) is 0.0830. The highest BCUT2D eigenvalue weighted by molar-refractivity contribution is 5.87. The van der Waals surface area contributed by atoms with Crippen molar-refractivity contribution in [2.45, 2.75) is 122 Å². The summed E-state index contributed by atoms with van der Waals surface area (Å²) in [5, 5.41) is 5.46. The van der Waals surface area contributed by atoms with Crippen molar-refractivity contribution >= 4 is 35.5 Å². The molecule has 3 aromatic heterocycles. The number of amides is 4. The molecule has 71 heavy (non-hydrogen) atoms. The number of hydrogen-bond acceptors (Lipinski definition) is 11. The fourth-order valence-electron chi connectivity index (χ4n) is 11.1. The van der Waals surface area contributed by atoms with Gasteiger partial charge in [0.1, 0.15) is 29.6 Å². The number of benzene rings is 2. The van der Waals surface area contributed by atoms with Gasteiger partial charge in [0.15, 0.2) is 0 Å². The summed E-state index contributed by atoms with van der Waals surface area (Å²) in [6.07, 6.45) is 13.3. The number of carbonyl (C=O) groups is 4. The molecule has 4 N–H and O–H groups in total. The molecule has 17 heteroatoms. The van der Waals surface area contributed by atoms with Crippen molar-refractivity contribution in [3.05, 3.63) is 102 Å². The number of likely N-dealkylation sites (tertiary alicyclic amines) is 2. The number of methoxy groups -OCH3 is 2. The Labute approximate surface area is 416 Å². The van der Waals surface area contributed by atoms with Crippen LogP contribution in [0, 0.1) is 11.8 Å². The maximum atomic E-state index is 13.8. The van der Waals surface area contributed by atoms with Crippen molar-refractivity contribution in [1.29, 1.82) is 0 Å². The van der Waals surface area contributed by atoms with Crippen LogP contribution in [0.15, 0.2) is 79.3 Å².